The topological polar surface area (TPSA) is 72.5 Å². The Balaban J connectivity index is 1.58. The predicted molar refractivity (Wildman–Crippen MR) is 112 cm³/mol. The fourth-order valence-corrected chi connectivity index (χ4v) is 7.75. The van der Waals surface area contributed by atoms with Crippen LogP contribution in [0.4, 0.5) is 0 Å². The predicted octanol–water partition coefficient (Wildman–Crippen LogP) is 3.88. The Morgan fingerprint density at radius 2 is 2.00 bits per heavy atom. The Kier molecular flexibility index (Phi) is 4.37. The minimum Gasteiger partial charge on any atom is -0.458 e. The van der Waals surface area contributed by atoms with Crippen molar-refractivity contribution in [3.63, 3.8) is 0 Å². The van der Waals surface area contributed by atoms with Crippen LogP contribution in [-0.4, -0.2) is 29.8 Å². The summed E-state index contributed by atoms with van der Waals surface area (Å²) in [5.74, 6) is 1.27. The van der Waals surface area contributed by atoms with E-state index >= 15 is 0 Å². The summed E-state index contributed by atoms with van der Waals surface area (Å²) in [5, 5.41) is 3.06. The van der Waals surface area contributed by atoms with Gasteiger partial charge >= 0.3 is 5.97 Å². The highest BCUT2D eigenvalue weighted by atomic mass is 16.6. The Morgan fingerprint density at radius 3 is 2.70 bits per heavy atom. The van der Waals surface area contributed by atoms with Gasteiger partial charge in [-0.05, 0) is 62.4 Å². The van der Waals surface area contributed by atoms with Gasteiger partial charge in [-0.3, -0.25) is 14.4 Å². The molecule has 1 aliphatic heterocycles. The lowest BCUT2D eigenvalue weighted by atomic mass is 9.48. The van der Waals surface area contributed by atoms with Gasteiger partial charge in [0.15, 0.2) is 5.78 Å². The molecule has 5 heteroatoms. The molecule has 0 radical (unpaired) electrons. The molecule has 4 aliphatic carbocycles. The van der Waals surface area contributed by atoms with Gasteiger partial charge in [-0.15, -0.1) is 0 Å². The first-order valence-electron chi connectivity index (χ1n) is 11.6. The van der Waals surface area contributed by atoms with Crippen molar-refractivity contribution in [1.29, 1.82) is 0 Å². The SMILES string of the molecule is CC(=O)NC[C@@H]1CC2=CC(=O)CC[C@]2(C)C2=CC[C@@]3(C)C(CC[C@@]34CCC(=O)O4)C21. The van der Waals surface area contributed by atoms with Crippen LogP contribution in [0.25, 0.3) is 0 Å². The zero-order valence-corrected chi connectivity index (χ0v) is 18.4. The maximum Gasteiger partial charge on any atom is 0.306 e. The summed E-state index contributed by atoms with van der Waals surface area (Å²) in [6.45, 7) is 6.87. The van der Waals surface area contributed by atoms with Crippen molar-refractivity contribution in [3.05, 3.63) is 23.3 Å². The van der Waals surface area contributed by atoms with Gasteiger partial charge in [0, 0.05) is 37.1 Å². The van der Waals surface area contributed by atoms with Gasteiger partial charge in [0.25, 0.3) is 0 Å². The molecule has 6 atom stereocenters. The van der Waals surface area contributed by atoms with E-state index in [9.17, 15) is 14.4 Å². The summed E-state index contributed by atoms with van der Waals surface area (Å²) in [4.78, 5) is 36.0. The normalized spacial score (nSPS) is 44.6. The van der Waals surface area contributed by atoms with Gasteiger partial charge in [0.1, 0.15) is 5.60 Å². The molecule has 5 rings (SSSR count). The second-order valence-corrected chi connectivity index (χ2v) is 10.8. The third-order valence-corrected chi connectivity index (χ3v) is 9.45. The van der Waals surface area contributed by atoms with Crippen molar-refractivity contribution >= 4 is 17.7 Å². The zero-order valence-electron chi connectivity index (χ0n) is 18.4. The van der Waals surface area contributed by atoms with E-state index < -0.39 is 0 Å². The first-order chi connectivity index (χ1) is 14.2. The van der Waals surface area contributed by atoms with E-state index in [1.807, 2.05) is 6.08 Å². The molecule has 1 saturated heterocycles. The molecule has 1 spiro atoms. The molecule has 0 aromatic heterocycles. The monoisotopic (exact) mass is 411 g/mol. The minimum absolute atomic E-state index is 0.00579. The molecule has 3 fully saturated rings. The van der Waals surface area contributed by atoms with Gasteiger partial charge in [-0.2, -0.15) is 0 Å². The standard InChI is InChI=1S/C25H33NO4/c1-15(27)26-14-16-12-17-13-18(28)4-8-23(17,2)19-5-9-24(3)20(22(16)19)6-10-25(24)11-7-21(29)30-25/h5,13,16,20,22H,4,6-12,14H2,1-3H3,(H,26,27)/t16-,20?,22?,23-,24-,25+/m0/s1. The van der Waals surface area contributed by atoms with Crippen molar-refractivity contribution in [2.24, 2.45) is 28.6 Å². The molecule has 0 bridgehead atoms. The number of carbonyl (C=O) groups is 3. The molecular weight excluding hydrogens is 378 g/mol. The highest BCUT2D eigenvalue weighted by molar-refractivity contribution is 5.92. The second-order valence-electron chi connectivity index (χ2n) is 10.8. The second kappa shape index (κ2) is 6.54. The maximum atomic E-state index is 12.2. The average molecular weight is 412 g/mol. The molecule has 0 aromatic rings. The summed E-state index contributed by atoms with van der Waals surface area (Å²) in [7, 11) is 0. The van der Waals surface area contributed by atoms with E-state index in [0.717, 1.165) is 38.5 Å². The van der Waals surface area contributed by atoms with Crippen LogP contribution in [0.1, 0.15) is 72.1 Å². The summed E-state index contributed by atoms with van der Waals surface area (Å²) < 4.78 is 6.05. The summed E-state index contributed by atoms with van der Waals surface area (Å²) in [6.07, 6.45) is 11.0. The van der Waals surface area contributed by atoms with Crippen molar-refractivity contribution in [1.82, 2.24) is 5.32 Å². The van der Waals surface area contributed by atoms with E-state index in [4.69, 9.17) is 4.74 Å². The Labute approximate surface area is 178 Å². The molecule has 2 unspecified atom stereocenters. The number of nitrogens with one attached hydrogen (secondary N) is 1. The molecule has 1 heterocycles. The number of hydrogen-bond acceptors (Lipinski definition) is 4. The van der Waals surface area contributed by atoms with Crippen molar-refractivity contribution in [2.45, 2.75) is 77.7 Å². The van der Waals surface area contributed by atoms with Crippen LogP contribution in [0.3, 0.4) is 0 Å². The Hall–Kier alpha value is -1.91. The van der Waals surface area contributed by atoms with Gasteiger partial charge in [0.2, 0.25) is 5.91 Å². The molecule has 1 amide bonds. The summed E-state index contributed by atoms with van der Waals surface area (Å²) in [6, 6.07) is 0. The lowest BCUT2D eigenvalue weighted by Crippen LogP contribution is -2.54. The number of carbonyl (C=O) groups excluding carboxylic acids is 3. The van der Waals surface area contributed by atoms with Gasteiger partial charge < -0.3 is 10.1 Å². The molecule has 0 aromatic carbocycles. The van der Waals surface area contributed by atoms with Crippen LogP contribution in [0, 0.1) is 28.6 Å². The number of amides is 1. The first-order valence-corrected chi connectivity index (χ1v) is 11.6. The number of hydrogen-bond donors (Lipinski definition) is 1. The molecule has 2 saturated carbocycles. The van der Waals surface area contributed by atoms with E-state index in [1.165, 1.54) is 11.1 Å². The highest BCUT2D eigenvalue weighted by Crippen LogP contribution is 2.68. The van der Waals surface area contributed by atoms with Crippen molar-refractivity contribution in [2.75, 3.05) is 6.54 Å². The van der Waals surface area contributed by atoms with Gasteiger partial charge in [-0.25, -0.2) is 0 Å². The fraction of sp³-hybridized carbons (Fsp3) is 0.720. The smallest absolute Gasteiger partial charge is 0.306 e. The molecule has 1 N–H and O–H groups in total. The van der Waals surface area contributed by atoms with Crippen LogP contribution in [-0.2, 0) is 19.1 Å². The van der Waals surface area contributed by atoms with Crippen LogP contribution in [0.15, 0.2) is 23.3 Å². The number of ketones is 1. The fourth-order valence-electron chi connectivity index (χ4n) is 7.75. The van der Waals surface area contributed by atoms with E-state index in [1.54, 1.807) is 6.92 Å². The minimum atomic E-state index is -0.325. The number of ether oxygens (including phenoxy) is 1. The molecule has 5 nitrogen and oxygen atoms in total. The van der Waals surface area contributed by atoms with E-state index in [2.05, 4.69) is 25.2 Å². The summed E-state index contributed by atoms with van der Waals surface area (Å²) >= 11 is 0. The average Bonchev–Trinajstić information content (AvgIpc) is 3.21. The van der Waals surface area contributed by atoms with Crippen LogP contribution in [0.5, 0.6) is 0 Å². The van der Waals surface area contributed by atoms with E-state index in [0.29, 0.717) is 31.2 Å². The third kappa shape index (κ3) is 2.63. The third-order valence-electron chi connectivity index (χ3n) is 9.45. The first kappa shape index (κ1) is 20.0. The number of rotatable bonds is 2. The van der Waals surface area contributed by atoms with E-state index in [-0.39, 0.29) is 40.0 Å². The zero-order chi connectivity index (χ0) is 21.3. The van der Waals surface area contributed by atoms with Crippen LogP contribution >= 0.6 is 0 Å². The Bertz CT molecular complexity index is 888. The van der Waals surface area contributed by atoms with Crippen LogP contribution < -0.4 is 5.32 Å². The molecule has 162 valence electrons. The van der Waals surface area contributed by atoms with Gasteiger partial charge in [0.05, 0.1) is 0 Å². The Morgan fingerprint density at radius 1 is 1.20 bits per heavy atom. The number of esters is 1. The lowest BCUT2D eigenvalue weighted by Gasteiger charge is -2.57. The van der Waals surface area contributed by atoms with Crippen molar-refractivity contribution < 1.29 is 19.1 Å². The lowest BCUT2D eigenvalue weighted by molar-refractivity contribution is -0.160. The molecular formula is C25H33NO4. The summed E-state index contributed by atoms with van der Waals surface area (Å²) in [5.41, 5.74) is 2.31. The maximum absolute atomic E-state index is 12.2. The number of fused-ring (bicyclic) bond motifs is 6. The molecule has 30 heavy (non-hydrogen) atoms. The quantitative estimate of drug-likeness (QED) is 0.553. The largest absolute Gasteiger partial charge is 0.458 e. The van der Waals surface area contributed by atoms with Crippen molar-refractivity contribution in [3.8, 4) is 0 Å². The number of allylic oxidation sites excluding steroid dienone is 4. The molecule has 5 aliphatic rings. The highest BCUT2D eigenvalue weighted by Gasteiger charge is 2.66. The van der Waals surface area contributed by atoms with Gasteiger partial charge in [-0.1, -0.05) is 31.1 Å². The van der Waals surface area contributed by atoms with Crippen LogP contribution in [0.2, 0.25) is 0 Å².